The van der Waals surface area contributed by atoms with Crippen molar-refractivity contribution in [3.05, 3.63) is 126 Å². The van der Waals surface area contributed by atoms with E-state index >= 15 is 0 Å². The van der Waals surface area contributed by atoms with Crippen molar-refractivity contribution in [2.24, 2.45) is 0 Å². The molecule has 3 nitrogen and oxygen atoms in total. The van der Waals surface area contributed by atoms with Crippen LogP contribution in [-0.4, -0.2) is 25.9 Å². The minimum absolute atomic E-state index is 0.0264. The van der Waals surface area contributed by atoms with Crippen molar-refractivity contribution < 1.29 is 39.9 Å². The lowest BCUT2D eigenvalue weighted by molar-refractivity contribution is -0.376. The van der Waals surface area contributed by atoms with Crippen LogP contribution in [0.2, 0.25) is 0 Å². The zero-order valence-electron chi connectivity index (χ0n) is 20.1. The molecule has 0 aliphatic heterocycles. The lowest BCUT2D eigenvalue weighted by atomic mass is 9.90. The van der Waals surface area contributed by atoms with Gasteiger partial charge in [0.2, 0.25) is 0 Å². The van der Waals surface area contributed by atoms with Crippen LogP contribution in [0.15, 0.2) is 114 Å². The van der Waals surface area contributed by atoms with E-state index < -0.39 is 38.6 Å². The smallest absolute Gasteiger partial charge is 0.369 e. The summed E-state index contributed by atoms with van der Waals surface area (Å²) in [6, 6.07) is 26.5. The maximum Gasteiger partial charge on any atom is 0.430 e. The topological polar surface area (TPSA) is 54.4 Å². The Morgan fingerprint density at radius 3 is 1.56 bits per heavy atom. The summed E-state index contributed by atoms with van der Waals surface area (Å²) in [6.07, 6.45) is -12.2. The van der Waals surface area contributed by atoms with Gasteiger partial charge in [-0.15, -0.1) is 0 Å². The Kier molecular flexibility index (Phi) is 7.64. The van der Waals surface area contributed by atoms with Gasteiger partial charge in [0.05, 0.1) is 10.1 Å². The van der Waals surface area contributed by atoms with Gasteiger partial charge in [-0.1, -0.05) is 97.1 Å². The molecule has 0 saturated heterocycles. The molecule has 10 heteroatoms. The van der Waals surface area contributed by atoms with Crippen molar-refractivity contribution in [2.45, 2.75) is 34.5 Å². The summed E-state index contributed by atoms with van der Waals surface area (Å²) in [5.41, 5.74) is -4.19. The highest BCUT2D eigenvalue weighted by atomic mass is 32.2. The molecule has 0 aromatic heterocycles. The second kappa shape index (κ2) is 10.5. The molecule has 0 aliphatic carbocycles. The highest BCUT2D eigenvalue weighted by molar-refractivity contribution is 7.91. The number of benzene rings is 4. The van der Waals surface area contributed by atoms with Gasteiger partial charge in [0.15, 0.2) is 9.84 Å². The summed E-state index contributed by atoms with van der Waals surface area (Å²) >= 11 is 0. The van der Waals surface area contributed by atoms with Crippen molar-refractivity contribution >= 4 is 9.84 Å². The average Bonchev–Trinajstić information content (AvgIpc) is 2.91. The summed E-state index contributed by atoms with van der Waals surface area (Å²) in [4.78, 5) is -0.0536. The standard InChI is InChI=1S/C29H22F6O3S/c30-28(31,32)27(36,29(33,34)35)24-17-15-23(16-18-24)26(39(37,38)25-9-5-2-6-10-25)19-20-11-13-22(14-12-20)21-7-3-1-4-8-21/h1-18,26,36H,19H2. The molecular weight excluding hydrogens is 542 g/mol. The van der Waals surface area contributed by atoms with Crippen LogP contribution in [0.1, 0.15) is 21.9 Å². The highest BCUT2D eigenvalue weighted by Gasteiger charge is 2.71. The van der Waals surface area contributed by atoms with Gasteiger partial charge in [0.1, 0.15) is 0 Å². The summed E-state index contributed by atoms with van der Waals surface area (Å²) < 4.78 is 107. The molecule has 0 saturated carbocycles. The molecule has 0 spiro atoms. The van der Waals surface area contributed by atoms with Crippen LogP contribution in [0.3, 0.4) is 0 Å². The second-order valence-corrected chi connectivity index (χ2v) is 11.1. The van der Waals surface area contributed by atoms with Gasteiger partial charge in [0.25, 0.3) is 5.60 Å². The van der Waals surface area contributed by atoms with Crippen LogP contribution < -0.4 is 0 Å². The number of hydrogen-bond acceptors (Lipinski definition) is 3. The fraction of sp³-hybridized carbons (Fsp3) is 0.172. The van der Waals surface area contributed by atoms with Gasteiger partial charge in [-0.3, -0.25) is 0 Å². The molecule has 1 atom stereocenters. The predicted octanol–water partition coefficient (Wildman–Crippen LogP) is 7.42. The number of alkyl halides is 6. The number of aliphatic hydroxyl groups is 1. The van der Waals surface area contributed by atoms with E-state index in [1.54, 1.807) is 30.3 Å². The molecular formula is C29H22F6O3S. The number of sulfone groups is 1. The Hall–Kier alpha value is -3.63. The van der Waals surface area contributed by atoms with E-state index in [0.29, 0.717) is 17.7 Å². The molecule has 0 heterocycles. The van der Waals surface area contributed by atoms with E-state index in [1.807, 2.05) is 30.3 Å². The number of hydrogen-bond donors (Lipinski definition) is 1. The lowest BCUT2D eigenvalue weighted by Gasteiger charge is -2.32. The molecule has 204 valence electrons. The lowest BCUT2D eigenvalue weighted by Crippen LogP contribution is -2.53. The summed E-state index contributed by atoms with van der Waals surface area (Å²) in [6.45, 7) is 0. The zero-order valence-corrected chi connectivity index (χ0v) is 20.9. The molecule has 0 radical (unpaired) electrons. The largest absolute Gasteiger partial charge is 0.430 e. The fourth-order valence-corrected chi connectivity index (χ4v) is 6.08. The zero-order chi connectivity index (χ0) is 28.5. The monoisotopic (exact) mass is 564 g/mol. The summed E-state index contributed by atoms with van der Waals surface area (Å²) in [5.74, 6) is 0. The van der Waals surface area contributed by atoms with Crippen LogP contribution in [-0.2, 0) is 21.9 Å². The molecule has 4 aromatic rings. The SMILES string of the molecule is O=S(=O)(c1ccccc1)C(Cc1ccc(-c2ccccc2)cc1)c1ccc(C(O)(C(F)(F)F)C(F)(F)F)cc1. The normalized spacial score (nSPS) is 13.7. The quantitative estimate of drug-likeness (QED) is 0.238. The van der Waals surface area contributed by atoms with Gasteiger partial charge in [-0.05, 0) is 40.8 Å². The van der Waals surface area contributed by atoms with Crippen LogP contribution in [0.5, 0.6) is 0 Å². The summed E-state index contributed by atoms with van der Waals surface area (Å²) in [7, 11) is -4.13. The van der Waals surface area contributed by atoms with E-state index in [4.69, 9.17) is 0 Å². The minimum atomic E-state index is -6.05. The number of rotatable bonds is 7. The number of halogens is 6. The Morgan fingerprint density at radius 2 is 1.08 bits per heavy atom. The first-order valence-electron chi connectivity index (χ1n) is 11.6. The van der Waals surface area contributed by atoms with Crippen molar-refractivity contribution in [3.8, 4) is 11.1 Å². The molecule has 4 aromatic carbocycles. The van der Waals surface area contributed by atoms with Crippen molar-refractivity contribution in [1.82, 2.24) is 0 Å². The molecule has 0 aliphatic rings. The Balaban J connectivity index is 1.75. The first kappa shape index (κ1) is 28.4. The van der Waals surface area contributed by atoms with Gasteiger partial charge in [-0.25, -0.2) is 8.42 Å². The molecule has 0 fully saturated rings. The first-order valence-corrected chi connectivity index (χ1v) is 13.2. The maximum absolute atomic E-state index is 13.6. The molecule has 0 bridgehead atoms. The van der Waals surface area contributed by atoms with Crippen LogP contribution in [0.4, 0.5) is 26.3 Å². The summed E-state index contributed by atoms with van der Waals surface area (Å²) in [5, 5.41) is 8.38. The molecule has 1 N–H and O–H groups in total. The average molecular weight is 565 g/mol. The predicted molar refractivity (Wildman–Crippen MR) is 134 cm³/mol. The van der Waals surface area contributed by atoms with E-state index in [-0.39, 0.29) is 16.9 Å². The van der Waals surface area contributed by atoms with E-state index in [9.17, 15) is 39.9 Å². The van der Waals surface area contributed by atoms with Crippen molar-refractivity contribution in [3.63, 3.8) is 0 Å². The highest BCUT2D eigenvalue weighted by Crippen LogP contribution is 2.50. The molecule has 39 heavy (non-hydrogen) atoms. The van der Waals surface area contributed by atoms with Crippen molar-refractivity contribution in [1.29, 1.82) is 0 Å². The first-order chi connectivity index (χ1) is 18.2. The van der Waals surface area contributed by atoms with Gasteiger partial charge in [0, 0.05) is 5.56 Å². The molecule has 0 amide bonds. The van der Waals surface area contributed by atoms with Crippen LogP contribution >= 0.6 is 0 Å². The van der Waals surface area contributed by atoms with Gasteiger partial charge < -0.3 is 5.11 Å². The van der Waals surface area contributed by atoms with Crippen LogP contribution in [0, 0.1) is 0 Å². The maximum atomic E-state index is 13.6. The minimum Gasteiger partial charge on any atom is -0.369 e. The van der Waals surface area contributed by atoms with Gasteiger partial charge >= 0.3 is 12.4 Å². The third-order valence-electron chi connectivity index (χ3n) is 6.45. The van der Waals surface area contributed by atoms with Crippen molar-refractivity contribution in [2.75, 3.05) is 0 Å². The van der Waals surface area contributed by atoms with E-state index in [2.05, 4.69) is 0 Å². The molecule has 1 unspecified atom stereocenters. The van der Waals surface area contributed by atoms with Gasteiger partial charge in [-0.2, -0.15) is 26.3 Å². The van der Waals surface area contributed by atoms with Crippen LogP contribution in [0.25, 0.3) is 11.1 Å². The second-order valence-electron chi connectivity index (χ2n) is 8.94. The van der Waals surface area contributed by atoms with E-state index in [1.165, 1.54) is 24.3 Å². The fourth-order valence-electron chi connectivity index (χ4n) is 4.29. The third-order valence-corrected chi connectivity index (χ3v) is 8.57. The van der Waals surface area contributed by atoms with E-state index in [0.717, 1.165) is 23.3 Å². The Bertz CT molecular complexity index is 1480. The third kappa shape index (κ3) is 5.58. The Morgan fingerprint density at radius 1 is 0.615 bits per heavy atom. The Labute approximate surface area is 221 Å². The molecule has 4 rings (SSSR count).